The van der Waals surface area contributed by atoms with Crippen LogP contribution in [0.2, 0.25) is 0 Å². The number of anilines is 3. The lowest BCUT2D eigenvalue weighted by atomic mass is 10.1. The van der Waals surface area contributed by atoms with E-state index >= 15 is 0 Å². The van der Waals surface area contributed by atoms with E-state index in [9.17, 15) is 19.7 Å². The fraction of sp³-hybridized carbons (Fsp3) is 0.462. The third-order valence-corrected chi connectivity index (χ3v) is 6.70. The molecule has 2 aromatic carbocycles. The quantitative estimate of drug-likeness (QED) is 0.324. The highest BCUT2D eigenvalue weighted by Crippen LogP contribution is 2.32. The van der Waals surface area contributed by atoms with Gasteiger partial charge in [0, 0.05) is 51.4 Å². The second-order valence-corrected chi connectivity index (χ2v) is 8.89. The molecule has 0 bridgehead atoms. The van der Waals surface area contributed by atoms with Gasteiger partial charge in [-0.3, -0.25) is 14.9 Å². The highest BCUT2D eigenvalue weighted by molar-refractivity contribution is 6.10. The highest BCUT2D eigenvalue weighted by Gasteiger charge is 2.25. The first-order valence-electron chi connectivity index (χ1n) is 12.6. The number of ether oxygens (including phenoxy) is 2. The first kappa shape index (κ1) is 26.4. The molecule has 4 rings (SSSR count). The van der Waals surface area contributed by atoms with Crippen molar-refractivity contribution in [3.05, 3.63) is 57.6 Å². The van der Waals surface area contributed by atoms with E-state index in [2.05, 4.69) is 22.0 Å². The van der Waals surface area contributed by atoms with Gasteiger partial charge in [-0.1, -0.05) is 6.92 Å². The van der Waals surface area contributed by atoms with Gasteiger partial charge in [0.05, 0.1) is 52.9 Å². The van der Waals surface area contributed by atoms with Crippen molar-refractivity contribution in [2.24, 2.45) is 0 Å². The molecule has 2 heterocycles. The molecule has 0 unspecified atom stereocenters. The minimum Gasteiger partial charge on any atom is -0.462 e. The molecule has 11 nitrogen and oxygen atoms in total. The van der Waals surface area contributed by atoms with Gasteiger partial charge in [-0.15, -0.1) is 0 Å². The zero-order valence-corrected chi connectivity index (χ0v) is 21.3. The van der Waals surface area contributed by atoms with Crippen LogP contribution in [0.3, 0.4) is 0 Å². The number of likely N-dealkylation sites (N-methyl/N-ethyl adjacent to an activating group) is 1. The number of non-ortho nitro benzene ring substituents is 1. The van der Waals surface area contributed by atoms with Crippen molar-refractivity contribution in [1.29, 1.82) is 0 Å². The van der Waals surface area contributed by atoms with Crippen LogP contribution in [-0.2, 0) is 9.47 Å². The first-order chi connectivity index (χ1) is 17.9. The Bertz CT molecular complexity index is 1140. The third kappa shape index (κ3) is 6.17. The molecule has 198 valence electrons. The fourth-order valence-corrected chi connectivity index (χ4v) is 4.65. The van der Waals surface area contributed by atoms with Crippen molar-refractivity contribution in [1.82, 2.24) is 4.90 Å². The molecule has 1 amide bonds. The molecular weight excluding hydrogens is 478 g/mol. The number of benzene rings is 2. The third-order valence-electron chi connectivity index (χ3n) is 6.70. The second kappa shape index (κ2) is 12.0. The molecule has 11 heteroatoms. The van der Waals surface area contributed by atoms with Crippen molar-refractivity contribution in [3.63, 3.8) is 0 Å². The largest absolute Gasteiger partial charge is 0.462 e. The SMILES string of the molecule is CCOC(=O)c1ccc(N2CCN(CC)CC2)c(NC(=O)c2cc([N+](=O)[O-])ccc2N2CCOCC2)c1. The summed E-state index contributed by atoms with van der Waals surface area (Å²) in [6.07, 6.45) is 0. The number of hydrogen-bond acceptors (Lipinski definition) is 9. The van der Waals surface area contributed by atoms with Crippen LogP contribution < -0.4 is 15.1 Å². The summed E-state index contributed by atoms with van der Waals surface area (Å²) in [5, 5.41) is 14.4. The van der Waals surface area contributed by atoms with Gasteiger partial charge in [0.2, 0.25) is 0 Å². The lowest BCUT2D eigenvalue weighted by molar-refractivity contribution is -0.384. The Morgan fingerprint density at radius 3 is 2.30 bits per heavy atom. The molecule has 2 aliphatic rings. The van der Waals surface area contributed by atoms with Gasteiger partial charge in [-0.2, -0.15) is 0 Å². The van der Waals surface area contributed by atoms with Gasteiger partial charge < -0.3 is 29.5 Å². The molecular formula is C26H33N5O6. The number of carbonyl (C=O) groups is 2. The summed E-state index contributed by atoms with van der Waals surface area (Å²) < 4.78 is 10.6. The number of rotatable bonds is 8. The van der Waals surface area contributed by atoms with Crippen LogP contribution in [0.1, 0.15) is 34.6 Å². The molecule has 0 aliphatic carbocycles. The van der Waals surface area contributed by atoms with Gasteiger partial charge in [0.15, 0.2) is 0 Å². The summed E-state index contributed by atoms with van der Waals surface area (Å²) in [4.78, 5) is 43.6. The van der Waals surface area contributed by atoms with Gasteiger partial charge in [-0.05, 0) is 37.7 Å². The Hall–Kier alpha value is -3.70. The van der Waals surface area contributed by atoms with E-state index < -0.39 is 16.8 Å². The summed E-state index contributed by atoms with van der Waals surface area (Å²) in [5.41, 5.74) is 2.19. The van der Waals surface area contributed by atoms with E-state index in [4.69, 9.17) is 9.47 Å². The standard InChI is InChI=1S/C26H33N5O6/c1-3-28-9-11-29(12-10-28)24-7-5-19(26(33)37-4-2)17-22(24)27-25(32)21-18-20(31(34)35)6-8-23(21)30-13-15-36-16-14-30/h5-8,17-18H,3-4,9-16H2,1-2H3,(H,27,32). The van der Waals surface area contributed by atoms with Crippen LogP contribution in [0.4, 0.5) is 22.7 Å². The van der Waals surface area contributed by atoms with E-state index in [0.717, 1.165) is 38.4 Å². The average Bonchev–Trinajstić information content (AvgIpc) is 2.93. The summed E-state index contributed by atoms with van der Waals surface area (Å²) in [5.74, 6) is -0.968. The maximum absolute atomic E-state index is 13.7. The van der Waals surface area contributed by atoms with Crippen molar-refractivity contribution in [2.45, 2.75) is 13.8 Å². The maximum atomic E-state index is 13.7. The van der Waals surface area contributed by atoms with Gasteiger partial charge in [-0.25, -0.2) is 4.79 Å². The van der Waals surface area contributed by atoms with Crippen LogP contribution in [0.15, 0.2) is 36.4 Å². The Labute approximate surface area is 216 Å². The zero-order valence-electron chi connectivity index (χ0n) is 21.3. The minimum absolute atomic E-state index is 0.168. The Morgan fingerprint density at radius 2 is 1.65 bits per heavy atom. The lowest BCUT2D eigenvalue weighted by Gasteiger charge is -2.36. The van der Waals surface area contributed by atoms with Gasteiger partial charge >= 0.3 is 5.97 Å². The van der Waals surface area contributed by atoms with Crippen LogP contribution >= 0.6 is 0 Å². The number of nitro benzene ring substituents is 1. The Balaban J connectivity index is 1.69. The molecule has 0 saturated carbocycles. The number of carbonyl (C=O) groups excluding carboxylic acids is 2. The fourth-order valence-electron chi connectivity index (χ4n) is 4.65. The number of nitrogens with zero attached hydrogens (tertiary/aromatic N) is 4. The number of nitrogens with one attached hydrogen (secondary N) is 1. The lowest BCUT2D eigenvalue weighted by Crippen LogP contribution is -2.46. The molecule has 0 aromatic heterocycles. The summed E-state index contributed by atoms with van der Waals surface area (Å²) >= 11 is 0. The second-order valence-electron chi connectivity index (χ2n) is 8.89. The monoisotopic (exact) mass is 511 g/mol. The van der Waals surface area contributed by atoms with Crippen molar-refractivity contribution >= 4 is 34.6 Å². The van der Waals surface area contributed by atoms with Gasteiger partial charge in [0.1, 0.15) is 0 Å². The number of esters is 1. The van der Waals surface area contributed by atoms with Crippen LogP contribution in [-0.4, -0.2) is 87.3 Å². The van der Waals surface area contributed by atoms with Gasteiger partial charge in [0.25, 0.3) is 11.6 Å². The predicted molar refractivity (Wildman–Crippen MR) is 141 cm³/mol. The molecule has 2 saturated heterocycles. The summed E-state index contributed by atoms with van der Waals surface area (Å²) in [6.45, 7) is 10.5. The number of amides is 1. The zero-order chi connectivity index (χ0) is 26.4. The minimum atomic E-state index is -0.514. The Morgan fingerprint density at radius 1 is 0.973 bits per heavy atom. The van der Waals surface area contributed by atoms with Crippen molar-refractivity contribution in [2.75, 3.05) is 80.8 Å². The predicted octanol–water partition coefficient (Wildman–Crippen LogP) is 3.00. The maximum Gasteiger partial charge on any atom is 0.338 e. The smallest absolute Gasteiger partial charge is 0.338 e. The van der Waals surface area contributed by atoms with E-state index in [1.165, 1.54) is 12.1 Å². The number of piperazine rings is 1. The molecule has 0 spiro atoms. The van der Waals surface area contributed by atoms with E-state index in [0.29, 0.717) is 43.2 Å². The number of morpholine rings is 1. The molecule has 37 heavy (non-hydrogen) atoms. The molecule has 2 aromatic rings. The molecule has 2 fully saturated rings. The number of nitro groups is 1. The highest BCUT2D eigenvalue weighted by atomic mass is 16.6. The molecule has 1 N–H and O–H groups in total. The van der Waals surface area contributed by atoms with E-state index in [1.807, 2.05) is 11.0 Å². The number of hydrogen-bond donors (Lipinski definition) is 1. The van der Waals surface area contributed by atoms with E-state index in [1.54, 1.807) is 25.1 Å². The summed E-state index contributed by atoms with van der Waals surface area (Å²) in [7, 11) is 0. The average molecular weight is 512 g/mol. The van der Waals surface area contributed by atoms with Crippen LogP contribution in [0.5, 0.6) is 0 Å². The molecule has 0 radical (unpaired) electrons. The topological polar surface area (TPSA) is 117 Å². The normalized spacial score (nSPS) is 16.4. The first-order valence-corrected chi connectivity index (χ1v) is 12.6. The molecule has 0 atom stereocenters. The van der Waals surface area contributed by atoms with Crippen LogP contribution in [0.25, 0.3) is 0 Å². The van der Waals surface area contributed by atoms with Crippen LogP contribution in [0, 0.1) is 10.1 Å². The van der Waals surface area contributed by atoms with Crippen molar-refractivity contribution < 1.29 is 24.0 Å². The summed E-state index contributed by atoms with van der Waals surface area (Å²) in [6, 6.07) is 9.44. The Kier molecular flexibility index (Phi) is 8.57. The molecule has 2 aliphatic heterocycles. The van der Waals surface area contributed by atoms with E-state index in [-0.39, 0.29) is 17.9 Å². The van der Waals surface area contributed by atoms with Crippen molar-refractivity contribution in [3.8, 4) is 0 Å².